The Balaban J connectivity index is 1.49. The lowest BCUT2D eigenvalue weighted by Crippen LogP contribution is -2.47. The van der Waals surface area contributed by atoms with Crippen molar-refractivity contribution in [1.29, 1.82) is 0 Å². The van der Waals surface area contributed by atoms with Gasteiger partial charge < -0.3 is 34.3 Å². The Morgan fingerprint density at radius 2 is 1.86 bits per heavy atom. The number of benzene rings is 1. The lowest BCUT2D eigenvalue weighted by Gasteiger charge is -2.33. The van der Waals surface area contributed by atoms with E-state index < -0.39 is 47.9 Å². The number of carbonyl (C=O) groups excluding carboxylic acids is 1. The number of hydrogen-bond donors (Lipinski definition) is 3. The largest absolute Gasteiger partial charge is 0.497 e. The number of nitrogens with zero attached hydrogens (tertiary/aromatic N) is 2. The molecule has 3 aliphatic heterocycles. The number of amides is 1. The molecular weight excluding hydrogens is 681 g/mol. The first-order valence-electron chi connectivity index (χ1n) is 16.6. The lowest BCUT2D eigenvalue weighted by atomic mass is 9.92. The molecule has 2 saturated heterocycles. The zero-order chi connectivity index (χ0) is 35.9. The predicted molar refractivity (Wildman–Crippen MR) is 179 cm³/mol. The predicted octanol–water partition coefficient (Wildman–Crippen LogP) is 3.49. The van der Waals surface area contributed by atoms with Crippen LogP contribution in [0.1, 0.15) is 47.0 Å². The average molecular weight is 732 g/mol. The summed E-state index contributed by atoms with van der Waals surface area (Å²) in [6, 6.07) is 5.71. The molecule has 0 aromatic heterocycles. The summed E-state index contributed by atoms with van der Waals surface area (Å²) in [4.78, 5) is 36.5. The summed E-state index contributed by atoms with van der Waals surface area (Å²) in [6.45, 7) is 8.83. The summed E-state index contributed by atoms with van der Waals surface area (Å²) in [5, 5.41) is 12.1. The molecule has 1 aromatic carbocycles. The second kappa shape index (κ2) is 17.1. The van der Waals surface area contributed by atoms with Gasteiger partial charge in [-0.3, -0.25) is 14.0 Å². The Morgan fingerprint density at radius 1 is 1.14 bits per heavy atom. The van der Waals surface area contributed by atoms with Gasteiger partial charge >= 0.3 is 19.7 Å². The standard InChI is InChI=1S/C32H50N3O12PS/c1-21(2)17-35(49(41,42)26-8-6-25(43-5)7-9-26)18-22(3)28(33-32(38)46-29-19-45-31-27(29)12-15-44-31)16-24-10-13-34(14-11-24)20-48(39,40)47-23(4)30(36)37/h6-10,21-23,27-29,31H,11-20H2,1-5H3,(H,33,38)(H,36,37)(H,39,40)/t22-,23+,27+,28+,29+,31-/m1/s1. The van der Waals surface area contributed by atoms with Crippen LogP contribution in [0.25, 0.3) is 0 Å². The lowest BCUT2D eigenvalue weighted by molar-refractivity contribution is -0.144. The van der Waals surface area contributed by atoms with Crippen molar-refractivity contribution in [3.8, 4) is 5.75 Å². The van der Waals surface area contributed by atoms with E-state index in [1.165, 1.54) is 30.5 Å². The molecule has 7 atom stereocenters. The first-order chi connectivity index (χ1) is 23.1. The number of hydrogen-bond acceptors (Lipinski definition) is 11. The molecular formula is C32H50N3O12PS. The van der Waals surface area contributed by atoms with Crippen LogP contribution in [0, 0.1) is 17.8 Å². The maximum atomic E-state index is 13.9. The molecule has 0 aliphatic carbocycles. The third-order valence-electron chi connectivity index (χ3n) is 8.91. The Hall–Kier alpha value is -2.56. The van der Waals surface area contributed by atoms with Crippen LogP contribution in [0.4, 0.5) is 4.79 Å². The van der Waals surface area contributed by atoms with E-state index in [2.05, 4.69) is 5.32 Å². The highest BCUT2D eigenvalue weighted by molar-refractivity contribution is 7.89. The number of ether oxygens (including phenoxy) is 4. The first-order valence-corrected chi connectivity index (χ1v) is 19.8. The highest BCUT2D eigenvalue weighted by atomic mass is 32.2. The van der Waals surface area contributed by atoms with E-state index in [4.69, 9.17) is 28.6 Å². The SMILES string of the molecule is COc1ccc(S(=O)(=O)N(CC(C)C)C[C@@H](C)[C@H](CC2=CCN(CP(=O)(O)O[C@@H](C)C(=O)O)CC2)NC(=O)O[C@H]2CO[C@H]3OCC[C@H]32)cc1. The van der Waals surface area contributed by atoms with Crippen LogP contribution in [0.2, 0.25) is 0 Å². The van der Waals surface area contributed by atoms with E-state index in [0.717, 1.165) is 12.0 Å². The third kappa shape index (κ3) is 11.0. The van der Waals surface area contributed by atoms with Gasteiger partial charge in [0, 0.05) is 32.2 Å². The second-order valence-corrected chi connectivity index (χ2v) is 17.1. The maximum absolute atomic E-state index is 13.9. The summed E-state index contributed by atoms with van der Waals surface area (Å²) in [5.74, 6) is -1.17. The van der Waals surface area contributed by atoms with Crippen LogP contribution < -0.4 is 10.1 Å². The summed E-state index contributed by atoms with van der Waals surface area (Å²) < 4.78 is 68.8. The summed E-state index contributed by atoms with van der Waals surface area (Å²) in [7, 11) is -6.58. The van der Waals surface area contributed by atoms with Crippen molar-refractivity contribution < 1.29 is 56.0 Å². The van der Waals surface area contributed by atoms with Crippen LogP contribution in [-0.2, 0) is 38.1 Å². The number of alkyl carbamates (subject to hydrolysis) is 1. The summed E-state index contributed by atoms with van der Waals surface area (Å²) in [6.07, 6.45) is 0.292. The monoisotopic (exact) mass is 731 g/mol. The molecule has 17 heteroatoms. The fourth-order valence-electron chi connectivity index (χ4n) is 6.22. The van der Waals surface area contributed by atoms with Crippen LogP contribution in [0.3, 0.4) is 0 Å². The Labute approximate surface area is 288 Å². The van der Waals surface area contributed by atoms with Crippen molar-refractivity contribution in [3.05, 3.63) is 35.9 Å². The van der Waals surface area contributed by atoms with Gasteiger partial charge in [0.05, 0.1) is 31.1 Å². The van der Waals surface area contributed by atoms with Crippen molar-refractivity contribution in [2.45, 2.75) is 76.4 Å². The van der Waals surface area contributed by atoms with E-state index in [1.54, 1.807) is 17.0 Å². The van der Waals surface area contributed by atoms with Gasteiger partial charge in [-0.05, 0) is 62.3 Å². The van der Waals surface area contributed by atoms with Crippen molar-refractivity contribution in [2.75, 3.05) is 52.8 Å². The Morgan fingerprint density at radius 3 is 2.47 bits per heavy atom. The number of fused-ring (bicyclic) bond motifs is 1. The number of carboxylic acid groups (broad SMARTS) is 1. The van der Waals surface area contributed by atoms with Gasteiger partial charge in [-0.15, -0.1) is 0 Å². The van der Waals surface area contributed by atoms with E-state index >= 15 is 0 Å². The molecule has 4 rings (SSSR count). The van der Waals surface area contributed by atoms with Crippen molar-refractivity contribution in [1.82, 2.24) is 14.5 Å². The van der Waals surface area contributed by atoms with Crippen LogP contribution in [-0.4, -0.2) is 117 Å². The second-order valence-electron chi connectivity index (χ2n) is 13.3. The molecule has 0 bridgehead atoms. The van der Waals surface area contributed by atoms with Gasteiger partial charge in [0.1, 0.15) is 18.1 Å². The Kier molecular flexibility index (Phi) is 13.7. The minimum Gasteiger partial charge on any atom is -0.497 e. The van der Waals surface area contributed by atoms with Gasteiger partial charge in [0.15, 0.2) is 12.4 Å². The number of sulfonamides is 1. The zero-order valence-electron chi connectivity index (χ0n) is 28.7. The van der Waals surface area contributed by atoms with E-state index in [9.17, 15) is 27.5 Å². The fourth-order valence-corrected chi connectivity index (χ4v) is 9.33. The highest BCUT2D eigenvalue weighted by Gasteiger charge is 2.44. The number of methoxy groups -OCH3 is 1. The smallest absolute Gasteiger partial charge is 0.407 e. The summed E-state index contributed by atoms with van der Waals surface area (Å²) in [5.41, 5.74) is 0.975. The van der Waals surface area contributed by atoms with Gasteiger partial charge in [-0.1, -0.05) is 32.4 Å². The molecule has 0 saturated carbocycles. The normalized spacial score (nSPS) is 24.5. The number of carbonyl (C=O) groups is 2. The molecule has 49 heavy (non-hydrogen) atoms. The maximum Gasteiger partial charge on any atom is 0.407 e. The molecule has 3 heterocycles. The van der Waals surface area contributed by atoms with Crippen molar-refractivity contribution in [2.24, 2.45) is 17.8 Å². The van der Waals surface area contributed by atoms with Crippen LogP contribution >= 0.6 is 7.60 Å². The van der Waals surface area contributed by atoms with Gasteiger partial charge in [-0.25, -0.2) is 18.0 Å². The molecule has 3 aliphatic rings. The molecule has 1 amide bonds. The molecule has 15 nitrogen and oxygen atoms in total. The van der Waals surface area contributed by atoms with E-state index in [1.807, 2.05) is 26.8 Å². The highest BCUT2D eigenvalue weighted by Crippen LogP contribution is 2.44. The van der Waals surface area contributed by atoms with Gasteiger partial charge in [-0.2, -0.15) is 4.31 Å². The first kappa shape index (κ1) is 39.2. The molecule has 1 unspecified atom stereocenters. The van der Waals surface area contributed by atoms with E-state index in [0.29, 0.717) is 38.3 Å². The topological polar surface area (TPSA) is 190 Å². The van der Waals surface area contributed by atoms with Crippen LogP contribution in [0.5, 0.6) is 5.75 Å². The third-order valence-corrected chi connectivity index (χ3v) is 12.2. The van der Waals surface area contributed by atoms with Crippen molar-refractivity contribution in [3.63, 3.8) is 0 Å². The molecule has 0 radical (unpaired) electrons. The van der Waals surface area contributed by atoms with Crippen molar-refractivity contribution >= 4 is 29.7 Å². The number of aliphatic carboxylic acids is 1. The minimum absolute atomic E-state index is 0.0255. The van der Waals surface area contributed by atoms with E-state index in [-0.39, 0.29) is 54.9 Å². The summed E-state index contributed by atoms with van der Waals surface area (Å²) >= 11 is 0. The molecule has 276 valence electrons. The zero-order valence-corrected chi connectivity index (χ0v) is 30.4. The van der Waals surface area contributed by atoms with Gasteiger partial charge in [0.2, 0.25) is 10.0 Å². The molecule has 0 spiro atoms. The number of carboxylic acids is 1. The molecule has 3 N–H and O–H groups in total. The molecule has 1 aromatic rings. The number of nitrogens with one attached hydrogen (secondary N) is 1. The fraction of sp³-hybridized carbons (Fsp3) is 0.688. The van der Waals surface area contributed by atoms with Crippen LogP contribution in [0.15, 0.2) is 40.8 Å². The molecule has 2 fully saturated rings. The minimum atomic E-state index is -4.20. The Bertz CT molecular complexity index is 1470. The number of rotatable bonds is 17. The average Bonchev–Trinajstić information content (AvgIpc) is 3.66. The van der Waals surface area contributed by atoms with Gasteiger partial charge in [0.25, 0.3) is 0 Å². The quantitative estimate of drug-likeness (QED) is 0.156.